The molecule has 0 aliphatic carbocycles. The number of hydrogen-bond donors (Lipinski definition) is 3. The molecule has 162 valence electrons. The fourth-order valence-electron chi connectivity index (χ4n) is 4.13. The Hall–Kier alpha value is -3.63. The van der Waals surface area contributed by atoms with E-state index in [1.807, 2.05) is 0 Å². The Labute approximate surface area is 182 Å². The second-order valence-electron chi connectivity index (χ2n) is 7.61. The lowest BCUT2D eigenvalue weighted by atomic mass is 9.70. The third-order valence-electron chi connectivity index (χ3n) is 5.66. The summed E-state index contributed by atoms with van der Waals surface area (Å²) < 4.78 is 43.7. The maximum absolute atomic E-state index is 13.9. The highest BCUT2D eigenvalue weighted by Gasteiger charge is 2.55. The number of carbonyl (C=O) groups excluding carboxylic acids is 1. The fraction of sp³-hybridized carbons (Fsp3) is 0.136. The van der Waals surface area contributed by atoms with Crippen LogP contribution in [-0.4, -0.2) is 30.3 Å². The van der Waals surface area contributed by atoms with Gasteiger partial charge in [-0.3, -0.25) is 4.79 Å². The number of halogens is 1. The van der Waals surface area contributed by atoms with Crippen LogP contribution in [0.2, 0.25) is 0 Å². The van der Waals surface area contributed by atoms with Gasteiger partial charge in [-0.25, -0.2) is 9.37 Å². The summed E-state index contributed by atoms with van der Waals surface area (Å²) in [5.41, 5.74) is -0.977. The molecule has 1 aromatic heterocycles. The quantitative estimate of drug-likeness (QED) is 0.562. The number of benzene rings is 2. The summed E-state index contributed by atoms with van der Waals surface area (Å²) in [5, 5.41) is 17.0. The van der Waals surface area contributed by atoms with Gasteiger partial charge in [-0.05, 0) is 42.3 Å². The minimum absolute atomic E-state index is 0.0440. The van der Waals surface area contributed by atoms with Gasteiger partial charge in [0, 0.05) is 11.8 Å². The van der Waals surface area contributed by atoms with E-state index in [0.29, 0.717) is 11.1 Å². The van der Waals surface area contributed by atoms with E-state index >= 15 is 0 Å². The van der Waals surface area contributed by atoms with Gasteiger partial charge >= 0.3 is 0 Å². The van der Waals surface area contributed by atoms with Crippen LogP contribution in [0.15, 0.2) is 76.2 Å². The molecule has 3 N–H and O–H groups in total. The van der Waals surface area contributed by atoms with Gasteiger partial charge in [-0.1, -0.05) is 30.3 Å². The molecule has 0 saturated carbocycles. The number of sulfonamides is 1. The number of amides is 1. The molecule has 2 unspecified atom stereocenters. The lowest BCUT2D eigenvalue weighted by molar-refractivity contribution is -0.128. The minimum Gasteiger partial charge on any atom is -0.387 e. The Morgan fingerprint density at radius 3 is 2.69 bits per heavy atom. The summed E-state index contributed by atoms with van der Waals surface area (Å²) >= 11 is 0. The van der Waals surface area contributed by atoms with Crippen LogP contribution in [0.25, 0.3) is 0 Å². The number of aromatic nitrogens is 1. The van der Waals surface area contributed by atoms with Crippen molar-refractivity contribution in [3.05, 3.63) is 83.8 Å². The molecule has 2 atom stereocenters. The average molecular weight is 452 g/mol. The Morgan fingerprint density at radius 2 is 1.88 bits per heavy atom. The van der Waals surface area contributed by atoms with Crippen molar-refractivity contribution in [3.8, 4) is 0 Å². The van der Waals surface area contributed by atoms with Crippen LogP contribution in [0.5, 0.6) is 0 Å². The van der Waals surface area contributed by atoms with Crippen LogP contribution in [-0.2, 0) is 21.2 Å². The lowest BCUT2D eigenvalue weighted by Crippen LogP contribution is -2.55. The standard InChI is InChI=1S/C22H17FN4O4S/c23-14-6-3-5-13(11-14)12-22(18(28)15-7-4-10-24-19(15)26-21(22)29)20-25-16-8-1-2-9-17(16)32(30,31)27-20/h1-11,18,28H,12H2,(H,25,27)(H,24,26,29). The Bertz CT molecular complexity index is 1390. The number of nitrogens with one attached hydrogen (secondary N) is 2. The van der Waals surface area contributed by atoms with Crippen molar-refractivity contribution in [2.75, 3.05) is 10.6 Å². The van der Waals surface area contributed by atoms with Gasteiger partial charge in [-0.2, -0.15) is 8.42 Å². The van der Waals surface area contributed by atoms with E-state index in [1.165, 1.54) is 30.5 Å². The summed E-state index contributed by atoms with van der Waals surface area (Å²) in [4.78, 5) is 17.5. The number of hydrogen-bond acceptors (Lipinski definition) is 6. The van der Waals surface area contributed by atoms with Gasteiger partial charge in [0.2, 0.25) is 5.91 Å². The number of anilines is 2. The second kappa shape index (κ2) is 7.21. The molecule has 0 radical (unpaired) electrons. The highest BCUT2D eigenvalue weighted by atomic mass is 32.2. The molecule has 2 aliphatic heterocycles. The molecule has 2 aliphatic rings. The second-order valence-corrected chi connectivity index (χ2v) is 9.18. The van der Waals surface area contributed by atoms with Crippen molar-refractivity contribution < 1.29 is 22.7 Å². The smallest absolute Gasteiger partial charge is 0.286 e. The van der Waals surface area contributed by atoms with E-state index in [-0.39, 0.29) is 28.7 Å². The topological polar surface area (TPSA) is 121 Å². The molecule has 5 rings (SSSR count). The van der Waals surface area contributed by atoms with E-state index in [2.05, 4.69) is 20.0 Å². The van der Waals surface area contributed by atoms with E-state index in [1.54, 1.807) is 36.4 Å². The number of pyridine rings is 1. The molecular weight excluding hydrogens is 435 g/mol. The van der Waals surface area contributed by atoms with Crippen molar-refractivity contribution in [1.82, 2.24) is 4.98 Å². The summed E-state index contributed by atoms with van der Waals surface area (Å²) in [7, 11) is -4.16. The predicted molar refractivity (Wildman–Crippen MR) is 115 cm³/mol. The summed E-state index contributed by atoms with van der Waals surface area (Å²) in [5.74, 6) is -1.32. The molecule has 8 nitrogen and oxygen atoms in total. The summed E-state index contributed by atoms with van der Waals surface area (Å²) in [6.07, 6.45) is -0.257. The zero-order valence-corrected chi connectivity index (χ0v) is 17.3. The number of amidine groups is 1. The largest absolute Gasteiger partial charge is 0.387 e. The van der Waals surface area contributed by atoms with Crippen molar-refractivity contribution in [2.45, 2.75) is 17.4 Å². The first-order valence-electron chi connectivity index (χ1n) is 9.72. The first-order chi connectivity index (χ1) is 15.3. The number of rotatable bonds is 3. The molecule has 0 fully saturated rings. The average Bonchev–Trinajstić information content (AvgIpc) is 2.76. The van der Waals surface area contributed by atoms with Gasteiger partial charge < -0.3 is 15.7 Å². The molecular formula is C22H17FN4O4S. The van der Waals surface area contributed by atoms with E-state index in [4.69, 9.17) is 0 Å². The van der Waals surface area contributed by atoms with Gasteiger partial charge in [0.25, 0.3) is 10.0 Å². The van der Waals surface area contributed by atoms with Crippen LogP contribution in [0, 0.1) is 11.2 Å². The summed E-state index contributed by atoms with van der Waals surface area (Å²) in [6.45, 7) is 0. The summed E-state index contributed by atoms with van der Waals surface area (Å²) in [6, 6.07) is 14.9. The van der Waals surface area contributed by atoms with Crippen molar-refractivity contribution >= 4 is 33.3 Å². The zero-order chi connectivity index (χ0) is 22.5. The Balaban J connectivity index is 1.73. The van der Waals surface area contributed by atoms with Gasteiger partial charge in [0.1, 0.15) is 33.9 Å². The van der Waals surface area contributed by atoms with Gasteiger partial charge in [-0.15, -0.1) is 4.40 Å². The van der Waals surface area contributed by atoms with Crippen LogP contribution in [0.1, 0.15) is 17.2 Å². The molecule has 10 heteroatoms. The molecule has 3 aromatic rings. The third kappa shape index (κ3) is 3.07. The highest BCUT2D eigenvalue weighted by Crippen LogP contribution is 2.47. The SMILES string of the molecule is O=C1Nc2ncccc2C(O)C1(Cc1cccc(F)c1)C1=NS(=O)(=O)c2ccccc2N1. The molecule has 0 spiro atoms. The zero-order valence-electron chi connectivity index (χ0n) is 16.5. The van der Waals surface area contributed by atoms with E-state index in [9.17, 15) is 22.7 Å². The monoisotopic (exact) mass is 452 g/mol. The molecule has 3 heterocycles. The number of fused-ring (bicyclic) bond motifs is 2. The first-order valence-corrected chi connectivity index (χ1v) is 11.2. The highest BCUT2D eigenvalue weighted by molar-refractivity contribution is 7.90. The number of carbonyl (C=O) groups is 1. The van der Waals surface area contributed by atoms with Crippen molar-refractivity contribution in [3.63, 3.8) is 0 Å². The van der Waals surface area contributed by atoms with Gasteiger partial charge in [0.15, 0.2) is 0 Å². The van der Waals surface area contributed by atoms with E-state index < -0.39 is 33.3 Å². The first kappa shape index (κ1) is 20.3. The van der Waals surface area contributed by atoms with E-state index in [0.717, 1.165) is 0 Å². The maximum atomic E-state index is 13.9. The third-order valence-corrected chi connectivity index (χ3v) is 7.00. The molecule has 32 heavy (non-hydrogen) atoms. The Morgan fingerprint density at radius 1 is 1.06 bits per heavy atom. The lowest BCUT2D eigenvalue weighted by Gasteiger charge is -2.42. The minimum atomic E-state index is -4.16. The van der Waals surface area contributed by atoms with Crippen molar-refractivity contribution in [2.24, 2.45) is 9.81 Å². The van der Waals surface area contributed by atoms with Crippen LogP contribution in [0.3, 0.4) is 0 Å². The predicted octanol–water partition coefficient (Wildman–Crippen LogP) is 2.65. The van der Waals surface area contributed by atoms with Gasteiger partial charge in [0.05, 0.1) is 5.69 Å². The molecule has 0 saturated heterocycles. The normalized spacial score (nSPS) is 23.2. The molecule has 2 aromatic carbocycles. The Kier molecular flexibility index (Phi) is 4.57. The molecule has 1 amide bonds. The van der Waals surface area contributed by atoms with Crippen LogP contribution in [0.4, 0.5) is 15.9 Å². The fourth-order valence-corrected chi connectivity index (χ4v) is 5.32. The van der Waals surface area contributed by atoms with Crippen molar-refractivity contribution in [1.29, 1.82) is 0 Å². The number of aliphatic hydroxyl groups is 1. The number of aliphatic hydroxyl groups excluding tert-OH is 1. The van der Waals surface area contributed by atoms with Crippen LogP contribution < -0.4 is 10.6 Å². The number of nitrogens with zero attached hydrogens (tertiary/aromatic N) is 2. The van der Waals surface area contributed by atoms with Crippen LogP contribution >= 0.6 is 0 Å². The number of para-hydroxylation sites is 1. The molecule has 0 bridgehead atoms. The maximum Gasteiger partial charge on any atom is 0.286 e.